The van der Waals surface area contributed by atoms with Crippen molar-refractivity contribution in [3.63, 3.8) is 0 Å². The SMILES string of the molecule is CCCC[C@H](NC(=O)C1CNC1)C(=O)O. The summed E-state index contributed by atoms with van der Waals surface area (Å²) >= 11 is 0. The predicted octanol–water partition coefficient (Wildman–Crippen LogP) is -0.0346. The Bertz CT molecular complexity index is 239. The van der Waals surface area contributed by atoms with E-state index in [1.54, 1.807) is 0 Å². The smallest absolute Gasteiger partial charge is 0.326 e. The highest BCUT2D eigenvalue weighted by Gasteiger charge is 2.28. The molecule has 1 atom stereocenters. The second-order valence-electron chi connectivity index (χ2n) is 3.90. The van der Waals surface area contributed by atoms with Crippen LogP contribution >= 0.6 is 0 Å². The first kappa shape index (κ1) is 12.0. The monoisotopic (exact) mass is 214 g/mol. The van der Waals surface area contributed by atoms with Crippen LogP contribution in [0.15, 0.2) is 0 Å². The second-order valence-corrected chi connectivity index (χ2v) is 3.90. The number of carboxylic acid groups (broad SMARTS) is 1. The van der Waals surface area contributed by atoms with Crippen LogP contribution in [0.25, 0.3) is 0 Å². The van der Waals surface area contributed by atoms with Crippen LogP contribution in [-0.2, 0) is 9.59 Å². The fourth-order valence-corrected chi connectivity index (χ4v) is 1.43. The molecule has 86 valence electrons. The van der Waals surface area contributed by atoms with Crippen molar-refractivity contribution < 1.29 is 14.7 Å². The molecule has 0 aromatic heterocycles. The van der Waals surface area contributed by atoms with Crippen molar-refractivity contribution in [1.82, 2.24) is 10.6 Å². The highest BCUT2D eigenvalue weighted by Crippen LogP contribution is 2.06. The maximum Gasteiger partial charge on any atom is 0.326 e. The van der Waals surface area contributed by atoms with Crippen molar-refractivity contribution in [3.8, 4) is 0 Å². The van der Waals surface area contributed by atoms with Crippen LogP contribution in [0.4, 0.5) is 0 Å². The van der Waals surface area contributed by atoms with E-state index in [1.807, 2.05) is 6.92 Å². The number of rotatable bonds is 6. The van der Waals surface area contributed by atoms with Gasteiger partial charge in [-0.3, -0.25) is 4.79 Å². The predicted molar refractivity (Wildman–Crippen MR) is 55.5 cm³/mol. The van der Waals surface area contributed by atoms with Gasteiger partial charge in [-0.1, -0.05) is 19.8 Å². The van der Waals surface area contributed by atoms with E-state index in [4.69, 9.17) is 5.11 Å². The topological polar surface area (TPSA) is 78.4 Å². The number of amides is 1. The Kier molecular flexibility index (Phi) is 4.55. The van der Waals surface area contributed by atoms with Crippen molar-refractivity contribution in [2.24, 2.45) is 5.92 Å². The van der Waals surface area contributed by atoms with E-state index in [0.29, 0.717) is 19.5 Å². The molecule has 0 unspecified atom stereocenters. The average Bonchev–Trinajstić information content (AvgIpc) is 2.08. The van der Waals surface area contributed by atoms with E-state index >= 15 is 0 Å². The maximum absolute atomic E-state index is 11.5. The Labute approximate surface area is 89.2 Å². The molecule has 0 aromatic rings. The molecule has 1 saturated heterocycles. The zero-order chi connectivity index (χ0) is 11.3. The van der Waals surface area contributed by atoms with E-state index in [1.165, 1.54) is 0 Å². The Hall–Kier alpha value is -1.10. The van der Waals surface area contributed by atoms with Crippen molar-refractivity contribution in [2.75, 3.05) is 13.1 Å². The highest BCUT2D eigenvalue weighted by molar-refractivity contribution is 5.85. The third-order valence-electron chi connectivity index (χ3n) is 2.61. The third kappa shape index (κ3) is 3.51. The summed E-state index contributed by atoms with van der Waals surface area (Å²) in [5.41, 5.74) is 0. The van der Waals surface area contributed by atoms with Crippen LogP contribution in [0, 0.1) is 5.92 Å². The summed E-state index contributed by atoms with van der Waals surface area (Å²) in [5, 5.41) is 14.4. The van der Waals surface area contributed by atoms with Crippen LogP contribution in [0.2, 0.25) is 0 Å². The van der Waals surface area contributed by atoms with E-state index < -0.39 is 12.0 Å². The van der Waals surface area contributed by atoms with Crippen molar-refractivity contribution in [1.29, 1.82) is 0 Å². The number of hydrogen-bond acceptors (Lipinski definition) is 3. The molecular weight excluding hydrogens is 196 g/mol. The summed E-state index contributed by atoms with van der Waals surface area (Å²) in [4.78, 5) is 22.3. The number of nitrogens with one attached hydrogen (secondary N) is 2. The highest BCUT2D eigenvalue weighted by atomic mass is 16.4. The van der Waals surface area contributed by atoms with Crippen molar-refractivity contribution in [2.45, 2.75) is 32.2 Å². The second kappa shape index (κ2) is 5.70. The summed E-state index contributed by atoms with van der Waals surface area (Å²) in [6.45, 7) is 3.31. The van der Waals surface area contributed by atoms with Gasteiger partial charge < -0.3 is 15.7 Å². The van der Waals surface area contributed by atoms with Gasteiger partial charge >= 0.3 is 5.97 Å². The molecule has 0 saturated carbocycles. The Morgan fingerprint density at radius 3 is 2.60 bits per heavy atom. The summed E-state index contributed by atoms with van der Waals surface area (Å²) in [6, 6.07) is -0.724. The van der Waals surface area contributed by atoms with Crippen LogP contribution < -0.4 is 10.6 Å². The minimum Gasteiger partial charge on any atom is -0.480 e. The molecule has 5 heteroatoms. The van der Waals surface area contributed by atoms with Crippen molar-refractivity contribution in [3.05, 3.63) is 0 Å². The number of hydrogen-bond donors (Lipinski definition) is 3. The summed E-state index contributed by atoms with van der Waals surface area (Å²) < 4.78 is 0. The van der Waals surface area contributed by atoms with Gasteiger partial charge in [-0.2, -0.15) is 0 Å². The molecule has 5 nitrogen and oxygen atoms in total. The molecule has 1 fully saturated rings. The van der Waals surface area contributed by atoms with Gasteiger partial charge in [0.2, 0.25) is 5.91 Å². The van der Waals surface area contributed by atoms with E-state index in [9.17, 15) is 9.59 Å². The quantitative estimate of drug-likeness (QED) is 0.580. The largest absolute Gasteiger partial charge is 0.480 e. The number of carbonyl (C=O) groups excluding carboxylic acids is 1. The van der Waals surface area contributed by atoms with Gasteiger partial charge in [-0.15, -0.1) is 0 Å². The first-order valence-electron chi connectivity index (χ1n) is 5.39. The van der Waals surface area contributed by atoms with Crippen LogP contribution in [0.1, 0.15) is 26.2 Å². The molecule has 0 radical (unpaired) electrons. The number of unbranched alkanes of at least 4 members (excludes halogenated alkanes) is 1. The lowest BCUT2D eigenvalue weighted by molar-refractivity contribution is -0.143. The molecule has 1 rings (SSSR count). The first-order valence-corrected chi connectivity index (χ1v) is 5.39. The van der Waals surface area contributed by atoms with Crippen molar-refractivity contribution >= 4 is 11.9 Å². The Morgan fingerprint density at radius 2 is 2.20 bits per heavy atom. The molecule has 0 bridgehead atoms. The van der Waals surface area contributed by atoms with Gasteiger partial charge in [0, 0.05) is 13.1 Å². The van der Waals surface area contributed by atoms with E-state index in [-0.39, 0.29) is 11.8 Å². The Balaban J connectivity index is 2.35. The van der Waals surface area contributed by atoms with Gasteiger partial charge in [0.25, 0.3) is 0 Å². The van der Waals surface area contributed by atoms with Crippen LogP contribution in [-0.4, -0.2) is 36.1 Å². The molecule has 0 aliphatic carbocycles. The number of aliphatic carboxylic acids is 1. The normalized spacial score (nSPS) is 17.9. The molecule has 1 aliphatic heterocycles. The molecule has 3 N–H and O–H groups in total. The molecule has 0 aromatic carbocycles. The molecule has 1 heterocycles. The molecule has 1 amide bonds. The maximum atomic E-state index is 11.5. The lowest BCUT2D eigenvalue weighted by Gasteiger charge is -2.27. The molecular formula is C10H18N2O3. The lowest BCUT2D eigenvalue weighted by atomic mass is 10.0. The third-order valence-corrected chi connectivity index (χ3v) is 2.61. The van der Waals surface area contributed by atoms with Gasteiger partial charge in [-0.05, 0) is 6.42 Å². The summed E-state index contributed by atoms with van der Waals surface area (Å²) in [6.07, 6.45) is 2.27. The van der Waals surface area contributed by atoms with E-state index in [0.717, 1.165) is 12.8 Å². The zero-order valence-electron chi connectivity index (χ0n) is 8.95. The van der Waals surface area contributed by atoms with Gasteiger partial charge in [0.1, 0.15) is 6.04 Å². The zero-order valence-corrected chi connectivity index (χ0v) is 8.95. The van der Waals surface area contributed by atoms with Gasteiger partial charge in [0.05, 0.1) is 5.92 Å². The van der Waals surface area contributed by atoms with Gasteiger partial charge in [0.15, 0.2) is 0 Å². The fourth-order valence-electron chi connectivity index (χ4n) is 1.43. The van der Waals surface area contributed by atoms with E-state index in [2.05, 4.69) is 10.6 Å². The number of carbonyl (C=O) groups is 2. The first-order chi connectivity index (χ1) is 7.15. The van der Waals surface area contributed by atoms with Gasteiger partial charge in [-0.25, -0.2) is 4.79 Å². The van der Waals surface area contributed by atoms with Crippen LogP contribution in [0.3, 0.4) is 0 Å². The standard InChI is InChI=1S/C10H18N2O3/c1-2-3-4-8(10(14)15)12-9(13)7-5-11-6-7/h7-8,11H,2-6H2,1H3,(H,12,13)(H,14,15)/t8-/m0/s1. The molecule has 0 spiro atoms. The molecule has 15 heavy (non-hydrogen) atoms. The number of carboxylic acids is 1. The summed E-state index contributed by atoms with van der Waals surface area (Å²) in [7, 11) is 0. The average molecular weight is 214 g/mol. The minimum atomic E-state index is -0.941. The molecule has 1 aliphatic rings. The van der Waals surface area contributed by atoms with Crippen LogP contribution in [0.5, 0.6) is 0 Å². The Morgan fingerprint density at radius 1 is 1.53 bits per heavy atom. The minimum absolute atomic E-state index is 0.0477. The summed E-state index contributed by atoms with van der Waals surface area (Å²) in [5.74, 6) is -1.13. The lowest BCUT2D eigenvalue weighted by Crippen LogP contribution is -2.54. The fraction of sp³-hybridized carbons (Fsp3) is 0.800.